The highest BCUT2D eigenvalue weighted by atomic mass is 35.5. The molecule has 1 rings (SSSR count). The number of hydrogen-bond acceptors (Lipinski definition) is 1. The summed E-state index contributed by atoms with van der Waals surface area (Å²) in [5.41, 5.74) is 0. The molecule has 0 spiro atoms. The third-order valence-electron chi connectivity index (χ3n) is 2.15. The molecule has 0 aromatic heterocycles. The van der Waals surface area contributed by atoms with Crippen LogP contribution in [0, 0.1) is 0 Å². The molecule has 0 aromatic carbocycles. The lowest BCUT2D eigenvalue weighted by atomic mass is 9.92. The first-order valence-corrected chi connectivity index (χ1v) is 4.22. The Kier molecular flexibility index (Phi) is 2.80. The Bertz CT molecular complexity index is 77.0. The normalized spacial score (nSPS) is 20.3. The Labute approximate surface area is 62.0 Å². The minimum Gasteiger partial charge on any atom is -0.287 e. The lowest BCUT2D eigenvalue weighted by Gasteiger charge is -2.35. The summed E-state index contributed by atoms with van der Waals surface area (Å²) in [6.07, 6.45) is 4.12. The fourth-order valence-corrected chi connectivity index (χ4v) is 1.56. The second-order valence-corrected chi connectivity index (χ2v) is 2.85. The summed E-state index contributed by atoms with van der Waals surface area (Å²) in [6, 6.07) is 1.52. The number of rotatable bonds is 3. The minimum atomic E-state index is 0.709. The van der Waals surface area contributed by atoms with Crippen molar-refractivity contribution in [3.8, 4) is 0 Å². The number of halogens is 1. The highest BCUT2D eigenvalue weighted by molar-refractivity contribution is 6.17. The third-order valence-corrected chi connectivity index (χ3v) is 2.46. The van der Waals surface area contributed by atoms with Gasteiger partial charge in [-0.15, -0.1) is 11.6 Å². The molecule has 54 valence electrons. The van der Waals surface area contributed by atoms with Crippen molar-refractivity contribution in [3.05, 3.63) is 0 Å². The molecule has 1 fully saturated rings. The first-order chi connectivity index (χ1) is 4.38. The maximum Gasteiger partial charge on any atom is 0.0740 e. The average Bonchev–Trinajstić information content (AvgIpc) is 1.78. The van der Waals surface area contributed by atoms with Crippen molar-refractivity contribution >= 4 is 11.6 Å². The number of alkyl halides is 1. The second kappa shape index (κ2) is 3.43. The van der Waals surface area contributed by atoms with Crippen LogP contribution in [0.15, 0.2) is 0 Å². The standard InChI is InChI=1S/C7H14ClN/c1-2-9(6-8)7-4-3-5-7/h7H,2-6H2,1H3. The van der Waals surface area contributed by atoms with Crippen LogP contribution in [0.1, 0.15) is 26.2 Å². The molecular weight excluding hydrogens is 134 g/mol. The zero-order valence-electron chi connectivity index (χ0n) is 5.94. The zero-order chi connectivity index (χ0) is 6.69. The van der Waals surface area contributed by atoms with Crippen LogP contribution in [0.5, 0.6) is 0 Å². The molecule has 1 saturated carbocycles. The van der Waals surface area contributed by atoms with Crippen LogP contribution in [-0.2, 0) is 0 Å². The van der Waals surface area contributed by atoms with Crippen LogP contribution < -0.4 is 0 Å². The van der Waals surface area contributed by atoms with E-state index in [1.165, 1.54) is 19.3 Å². The van der Waals surface area contributed by atoms with Crippen molar-refractivity contribution < 1.29 is 0 Å². The van der Waals surface area contributed by atoms with Gasteiger partial charge in [0.15, 0.2) is 0 Å². The van der Waals surface area contributed by atoms with Crippen molar-refractivity contribution in [1.29, 1.82) is 0 Å². The summed E-state index contributed by atoms with van der Waals surface area (Å²) in [4.78, 5) is 2.32. The predicted octanol–water partition coefficient (Wildman–Crippen LogP) is 2.06. The van der Waals surface area contributed by atoms with Crippen molar-refractivity contribution in [2.45, 2.75) is 32.2 Å². The maximum atomic E-state index is 5.70. The van der Waals surface area contributed by atoms with Gasteiger partial charge in [-0.2, -0.15) is 0 Å². The summed E-state index contributed by atoms with van der Waals surface area (Å²) in [6.45, 7) is 3.27. The summed E-state index contributed by atoms with van der Waals surface area (Å²) < 4.78 is 0. The molecule has 0 aromatic rings. The van der Waals surface area contributed by atoms with Crippen LogP contribution in [0.2, 0.25) is 0 Å². The van der Waals surface area contributed by atoms with Gasteiger partial charge in [0.1, 0.15) is 0 Å². The van der Waals surface area contributed by atoms with E-state index in [0.29, 0.717) is 6.00 Å². The summed E-state index contributed by atoms with van der Waals surface area (Å²) >= 11 is 5.70. The monoisotopic (exact) mass is 147 g/mol. The van der Waals surface area contributed by atoms with Gasteiger partial charge < -0.3 is 0 Å². The predicted molar refractivity (Wildman–Crippen MR) is 40.7 cm³/mol. The average molecular weight is 148 g/mol. The molecular formula is C7H14ClN. The van der Waals surface area contributed by atoms with Gasteiger partial charge in [0.25, 0.3) is 0 Å². The van der Waals surface area contributed by atoms with Gasteiger partial charge in [-0.1, -0.05) is 13.3 Å². The molecule has 1 aliphatic carbocycles. The summed E-state index contributed by atoms with van der Waals surface area (Å²) in [5.74, 6) is 0. The Hall–Kier alpha value is 0.250. The number of hydrogen-bond donors (Lipinski definition) is 0. The Balaban J connectivity index is 2.19. The lowest BCUT2D eigenvalue weighted by molar-refractivity contribution is 0.158. The summed E-state index contributed by atoms with van der Waals surface area (Å²) in [5, 5.41) is 0. The SMILES string of the molecule is CCN(CCl)C1CCC1. The molecule has 2 heteroatoms. The second-order valence-electron chi connectivity index (χ2n) is 2.61. The van der Waals surface area contributed by atoms with Gasteiger partial charge in [-0.05, 0) is 19.4 Å². The minimum absolute atomic E-state index is 0.709. The van der Waals surface area contributed by atoms with Crippen LogP contribution in [0.25, 0.3) is 0 Å². The van der Waals surface area contributed by atoms with Crippen LogP contribution >= 0.6 is 11.6 Å². The molecule has 0 unspecified atom stereocenters. The Morgan fingerprint density at radius 2 is 2.22 bits per heavy atom. The Morgan fingerprint density at radius 1 is 1.56 bits per heavy atom. The van der Waals surface area contributed by atoms with Gasteiger partial charge in [0, 0.05) is 6.04 Å². The zero-order valence-corrected chi connectivity index (χ0v) is 6.69. The van der Waals surface area contributed by atoms with Gasteiger partial charge in [0.2, 0.25) is 0 Å². The molecule has 1 aliphatic rings. The molecule has 0 N–H and O–H groups in total. The highest BCUT2D eigenvalue weighted by Crippen LogP contribution is 2.24. The van der Waals surface area contributed by atoms with Gasteiger partial charge in [-0.3, -0.25) is 4.90 Å². The van der Waals surface area contributed by atoms with E-state index in [-0.39, 0.29) is 0 Å². The lowest BCUT2D eigenvalue weighted by Crippen LogP contribution is -2.38. The van der Waals surface area contributed by atoms with Gasteiger partial charge >= 0.3 is 0 Å². The van der Waals surface area contributed by atoms with E-state index >= 15 is 0 Å². The molecule has 0 heterocycles. The van der Waals surface area contributed by atoms with Gasteiger partial charge in [-0.25, -0.2) is 0 Å². The van der Waals surface area contributed by atoms with Crippen molar-refractivity contribution in [2.24, 2.45) is 0 Å². The molecule has 0 aliphatic heterocycles. The fraction of sp³-hybridized carbons (Fsp3) is 1.00. The first-order valence-electron chi connectivity index (χ1n) is 3.68. The first kappa shape index (κ1) is 7.36. The van der Waals surface area contributed by atoms with E-state index < -0.39 is 0 Å². The van der Waals surface area contributed by atoms with Crippen LogP contribution in [-0.4, -0.2) is 23.5 Å². The van der Waals surface area contributed by atoms with Crippen molar-refractivity contribution in [1.82, 2.24) is 4.90 Å². The van der Waals surface area contributed by atoms with E-state index in [1.807, 2.05) is 0 Å². The van der Waals surface area contributed by atoms with E-state index in [4.69, 9.17) is 11.6 Å². The Morgan fingerprint density at radius 3 is 2.33 bits per heavy atom. The quantitative estimate of drug-likeness (QED) is 0.437. The largest absolute Gasteiger partial charge is 0.287 e. The van der Waals surface area contributed by atoms with E-state index in [1.54, 1.807) is 0 Å². The van der Waals surface area contributed by atoms with E-state index in [0.717, 1.165) is 12.6 Å². The van der Waals surface area contributed by atoms with Gasteiger partial charge in [0.05, 0.1) is 6.00 Å². The topological polar surface area (TPSA) is 3.24 Å². The molecule has 0 bridgehead atoms. The molecule has 0 radical (unpaired) electrons. The number of nitrogens with zero attached hydrogens (tertiary/aromatic N) is 1. The van der Waals surface area contributed by atoms with E-state index in [9.17, 15) is 0 Å². The van der Waals surface area contributed by atoms with Crippen molar-refractivity contribution in [2.75, 3.05) is 12.5 Å². The molecule has 0 saturated heterocycles. The van der Waals surface area contributed by atoms with E-state index in [2.05, 4.69) is 11.8 Å². The van der Waals surface area contributed by atoms with Crippen LogP contribution in [0.4, 0.5) is 0 Å². The smallest absolute Gasteiger partial charge is 0.0740 e. The maximum absolute atomic E-state index is 5.70. The highest BCUT2D eigenvalue weighted by Gasteiger charge is 2.22. The van der Waals surface area contributed by atoms with Crippen molar-refractivity contribution in [3.63, 3.8) is 0 Å². The molecule has 1 nitrogen and oxygen atoms in total. The third kappa shape index (κ3) is 1.59. The molecule has 0 amide bonds. The molecule has 0 atom stereocenters. The summed E-state index contributed by atoms with van der Waals surface area (Å²) in [7, 11) is 0. The molecule has 9 heavy (non-hydrogen) atoms. The van der Waals surface area contributed by atoms with Crippen LogP contribution in [0.3, 0.4) is 0 Å². The fourth-order valence-electron chi connectivity index (χ4n) is 1.19.